The standard InChI is InChI=1S/C9H12N2OS2/c1-11-4-2-6(3-5-11)7-8(12)10-9(13)14-7/h2-5H2,1H3,(H,10,12,13). The molecule has 1 amide bonds. The lowest BCUT2D eigenvalue weighted by atomic mass is 10.0. The molecule has 0 aromatic heterocycles. The minimum absolute atomic E-state index is 0.000414. The number of carbonyl (C=O) groups excluding carboxylic acids is 1. The Bertz CT molecular complexity index is 315. The molecular weight excluding hydrogens is 216 g/mol. The van der Waals surface area contributed by atoms with E-state index in [0.29, 0.717) is 4.32 Å². The molecular formula is C9H12N2OS2. The van der Waals surface area contributed by atoms with Crippen LogP contribution >= 0.6 is 24.0 Å². The molecule has 76 valence electrons. The van der Waals surface area contributed by atoms with Crippen molar-refractivity contribution in [2.45, 2.75) is 12.8 Å². The summed E-state index contributed by atoms with van der Waals surface area (Å²) in [6, 6.07) is 0. The van der Waals surface area contributed by atoms with Crippen LogP contribution in [0.1, 0.15) is 12.8 Å². The van der Waals surface area contributed by atoms with Gasteiger partial charge in [0.25, 0.3) is 5.91 Å². The van der Waals surface area contributed by atoms with Crippen LogP contribution in [0.5, 0.6) is 0 Å². The fourth-order valence-corrected chi connectivity index (χ4v) is 2.83. The van der Waals surface area contributed by atoms with Crippen molar-refractivity contribution < 1.29 is 4.79 Å². The highest BCUT2D eigenvalue weighted by Gasteiger charge is 2.26. The molecule has 0 aromatic carbocycles. The molecule has 0 aliphatic carbocycles. The van der Waals surface area contributed by atoms with E-state index in [1.165, 1.54) is 17.3 Å². The lowest BCUT2D eigenvalue weighted by molar-refractivity contribution is -0.115. The summed E-state index contributed by atoms with van der Waals surface area (Å²) in [4.78, 5) is 14.6. The van der Waals surface area contributed by atoms with Gasteiger partial charge in [-0.15, -0.1) is 0 Å². The third-order valence-corrected chi connectivity index (χ3v) is 3.85. The van der Waals surface area contributed by atoms with E-state index in [1.54, 1.807) is 0 Å². The summed E-state index contributed by atoms with van der Waals surface area (Å²) < 4.78 is 0.594. The first-order valence-corrected chi connectivity index (χ1v) is 5.83. The molecule has 2 aliphatic rings. The van der Waals surface area contributed by atoms with Gasteiger partial charge in [-0.25, -0.2) is 0 Å². The van der Waals surface area contributed by atoms with E-state index in [1.807, 2.05) is 0 Å². The quantitative estimate of drug-likeness (QED) is 0.497. The van der Waals surface area contributed by atoms with Crippen molar-refractivity contribution in [3.05, 3.63) is 10.5 Å². The van der Waals surface area contributed by atoms with Gasteiger partial charge in [0.1, 0.15) is 4.32 Å². The lowest BCUT2D eigenvalue weighted by Crippen LogP contribution is -2.27. The van der Waals surface area contributed by atoms with Crippen LogP contribution in [0.25, 0.3) is 0 Å². The fourth-order valence-electron chi connectivity index (χ4n) is 1.66. The van der Waals surface area contributed by atoms with Gasteiger partial charge in [-0.2, -0.15) is 0 Å². The molecule has 0 bridgehead atoms. The van der Waals surface area contributed by atoms with Crippen molar-refractivity contribution in [1.82, 2.24) is 10.2 Å². The summed E-state index contributed by atoms with van der Waals surface area (Å²) >= 11 is 6.37. The van der Waals surface area contributed by atoms with E-state index in [-0.39, 0.29) is 5.91 Å². The van der Waals surface area contributed by atoms with Crippen molar-refractivity contribution in [2.75, 3.05) is 20.1 Å². The molecule has 0 saturated carbocycles. The van der Waals surface area contributed by atoms with E-state index in [9.17, 15) is 4.79 Å². The number of nitrogens with zero attached hydrogens (tertiary/aromatic N) is 1. The fraction of sp³-hybridized carbons (Fsp3) is 0.556. The van der Waals surface area contributed by atoms with Crippen molar-refractivity contribution in [1.29, 1.82) is 0 Å². The predicted octanol–water partition coefficient (Wildman–Crippen LogP) is 1.11. The van der Waals surface area contributed by atoms with Crippen LogP contribution in [-0.4, -0.2) is 35.3 Å². The molecule has 2 fully saturated rings. The largest absolute Gasteiger partial charge is 0.307 e. The van der Waals surface area contributed by atoms with Crippen molar-refractivity contribution >= 4 is 34.2 Å². The molecule has 1 N–H and O–H groups in total. The summed E-state index contributed by atoms with van der Waals surface area (Å²) in [5, 5.41) is 2.66. The Morgan fingerprint density at radius 3 is 2.57 bits per heavy atom. The minimum Gasteiger partial charge on any atom is -0.307 e. The average molecular weight is 228 g/mol. The number of amides is 1. The predicted molar refractivity (Wildman–Crippen MR) is 62.1 cm³/mol. The Morgan fingerprint density at radius 1 is 1.43 bits per heavy atom. The van der Waals surface area contributed by atoms with Crippen molar-refractivity contribution in [3.8, 4) is 0 Å². The Labute approximate surface area is 92.9 Å². The SMILES string of the molecule is CN1CCC(=C2SC(=S)NC2=O)CC1. The van der Waals surface area contributed by atoms with E-state index >= 15 is 0 Å². The molecule has 0 radical (unpaired) electrons. The number of thiocarbonyl (C=S) groups is 1. The number of carbonyl (C=O) groups is 1. The second-order valence-electron chi connectivity index (χ2n) is 3.58. The first kappa shape index (κ1) is 10.1. The second kappa shape index (κ2) is 4.00. The topological polar surface area (TPSA) is 32.3 Å². The number of likely N-dealkylation sites (tertiary alicyclic amines) is 1. The number of thioether (sulfide) groups is 1. The highest BCUT2D eigenvalue weighted by molar-refractivity contribution is 8.26. The molecule has 0 aromatic rings. The van der Waals surface area contributed by atoms with E-state index in [2.05, 4.69) is 17.3 Å². The Hall–Kier alpha value is -0.390. The van der Waals surface area contributed by atoms with Gasteiger partial charge >= 0.3 is 0 Å². The van der Waals surface area contributed by atoms with Gasteiger partial charge < -0.3 is 10.2 Å². The average Bonchev–Trinajstić information content (AvgIpc) is 2.47. The van der Waals surface area contributed by atoms with Crippen LogP contribution in [-0.2, 0) is 4.79 Å². The van der Waals surface area contributed by atoms with Crippen LogP contribution in [0, 0.1) is 0 Å². The molecule has 2 aliphatic heterocycles. The van der Waals surface area contributed by atoms with E-state index in [4.69, 9.17) is 12.2 Å². The zero-order valence-corrected chi connectivity index (χ0v) is 9.63. The van der Waals surface area contributed by atoms with Gasteiger partial charge in [-0.05, 0) is 25.5 Å². The minimum atomic E-state index is -0.000414. The molecule has 14 heavy (non-hydrogen) atoms. The number of rotatable bonds is 0. The van der Waals surface area contributed by atoms with E-state index < -0.39 is 0 Å². The summed E-state index contributed by atoms with van der Waals surface area (Å²) in [5.41, 5.74) is 1.27. The number of hydrogen-bond acceptors (Lipinski definition) is 4. The molecule has 2 heterocycles. The number of hydrogen-bond donors (Lipinski definition) is 1. The third kappa shape index (κ3) is 1.99. The molecule has 2 rings (SSSR count). The Kier molecular flexibility index (Phi) is 2.90. The van der Waals surface area contributed by atoms with Gasteiger partial charge in [0.2, 0.25) is 0 Å². The summed E-state index contributed by atoms with van der Waals surface area (Å²) in [6.45, 7) is 2.08. The smallest absolute Gasteiger partial charge is 0.263 e. The van der Waals surface area contributed by atoms with Gasteiger partial charge in [-0.1, -0.05) is 24.0 Å². The maximum atomic E-state index is 11.5. The maximum absolute atomic E-state index is 11.5. The van der Waals surface area contributed by atoms with Gasteiger partial charge in [0.05, 0.1) is 4.91 Å². The summed E-state index contributed by atoms with van der Waals surface area (Å²) in [6.07, 6.45) is 1.99. The summed E-state index contributed by atoms with van der Waals surface area (Å²) in [7, 11) is 2.11. The first-order valence-electron chi connectivity index (χ1n) is 4.60. The third-order valence-electron chi connectivity index (χ3n) is 2.53. The molecule has 2 saturated heterocycles. The molecule has 5 heteroatoms. The van der Waals surface area contributed by atoms with Crippen LogP contribution in [0.15, 0.2) is 10.5 Å². The van der Waals surface area contributed by atoms with Gasteiger partial charge in [0, 0.05) is 13.1 Å². The molecule has 3 nitrogen and oxygen atoms in total. The van der Waals surface area contributed by atoms with Gasteiger partial charge in [0.15, 0.2) is 0 Å². The number of nitrogens with one attached hydrogen (secondary N) is 1. The van der Waals surface area contributed by atoms with Crippen LogP contribution in [0.3, 0.4) is 0 Å². The Balaban J connectivity index is 2.15. The van der Waals surface area contributed by atoms with E-state index in [0.717, 1.165) is 30.8 Å². The van der Waals surface area contributed by atoms with Crippen LogP contribution < -0.4 is 5.32 Å². The zero-order valence-electron chi connectivity index (χ0n) is 8.00. The highest BCUT2D eigenvalue weighted by Crippen LogP contribution is 2.31. The molecule has 0 unspecified atom stereocenters. The lowest BCUT2D eigenvalue weighted by Gasteiger charge is -2.24. The monoisotopic (exact) mass is 228 g/mol. The molecule has 0 atom stereocenters. The molecule has 0 spiro atoms. The van der Waals surface area contributed by atoms with Gasteiger partial charge in [-0.3, -0.25) is 4.79 Å². The van der Waals surface area contributed by atoms with Crippen molar-refractivity contribution in [2.24, 2.45) is 0 Å². The number of piperidine rings is 1. The van der Waals surface area contributed by atoms with Crippen LogP contribution in [0.4, 0.5) is 0 Å². The maximum Gasteiger partial charge on any atom is 0.263 e. The summed E-state index contributed by atoms with van der Waals surface area (Å²) in [5.74, 6) is -0.000414. The highest BCUT2D eigenvalue weighted by atomic mass is 32.2. The van der Waals surface area contributed by atoms with Crippen LogP contribution in [0.2, 0.25) is 0 Å². The van der Waals surface area contributed by atoms with Crippen molar-refractivity contribution in [3.63, 3.8) is 0 Å². The first-order chi connectivity index (χ1) is 6.66. The second-order valence-corrected chi connectivity index (χ2v) is 5.27. The zero-order chi connectivity index (χ0) is 10.1. The Morgan fingerprint density at radius 2 is 2.07 bits per heavy atom. The normalized spacial score (nSPS) is 24.4.